The first-order valence-corrected chi connectivity index (χ1v) is 8.31. The van der Waals surface area contributed by atoms with E-state index in [0.29, 0.717) is 24.7 Å². The maximum absolute atomic E-state index is 12.5. The lowest BCUT2D eigenvalue weighted by Crippen LogP contribution is -1.97. The largest absolute Gasteiger partial charge is 0.459 e. The van der Waals surface area contributed by atoms with E-state index < -0.39 is 7.60 Å². The topological polar surface area (TPSA) is 81.7 Å². The maximum Gasteiger partial charge on any atom is 0.371 e. The second kappa shape index (κ2) is 8.81. The lowest BCUT2D eigenvalue weighted by atomic mass is 10.4. The van der Waals surface area contributed by atoms with E-state index in [0.717, 1.165) is 0 Å². The smallest absolute Gasteiger partial charge is 0.371 e. The zero-order valence-corrected chi connectivity index (χ0v) is 13.4. The Hall–Kier alpha value is -1.38. The highest BCUT2D eigenvalue weighted by molar-refractivity contribution is 7.59. The number of rotatable bonds is 9. The van der Waals surface area contributed by atoms with E-state index in [1.54, 1.807) is 26.0 Å². The van der Waals surface area contributed by atoms with Gasteiger partial charge in [0.2, 0.25) is 0 Å². The number of hydrogen-bond donors (Lipinski definition) is 0. The molecule has 0 spiro atoms. The molecule has 0 amide bonds. The summed E-state index contributed by atoms with van der Waals surface area (Å²) in [6.07, 6.45) is 1.38. The average molecular weight is 313 g/mol. The highest BCUT2D eigenvalue weighted by atomic mass is 31.2. The van der Waals surface area contributed by atoms with E-state index in [1.165, 1.54) is 6.08 Å². The fraction of sp³-hybridized carbons (Fsp3) is 0.500. The van der Waals surface area contributed by atoms with Gasteiger partial charge in [0.15, 0.2) is 0 Å². The summed E-state index contributed by atoms with van der Waals surface area (Å²) in [4.78, 5) is 0. The molecule has 0 saturated heterocycles. The first kappa shape index (κ1) is 17.7. The van der Waals surface area contributed by atoms with Gasteiger partial charge in [-0.25, -0.2) is 0 Å². The van der Waals surface area contributed by atoms with Crippen LogP contribution >= 0.6 is 7.60 Å². The second-order valence-electron chi connectivity index (χ2n) is 3.92. The highest BCUT2D eigenvalue weighted by Gasteiger charge is 2.30. The number of furan rings is 1. The first-order chi connectivity index (χ1) is 10.1. The summed E-state index contributed by atoms with van der Waals surface area (Å²) in [7, 11) is -3.60. The van der Waals surface area contributed by atoms with Crippen LogP contribution in [0.5, 0.6) is 0 Å². The SMILES string of the molecule is CCOCc1ccc(/C=C(\C#N)P(=O)(OCC)OCC)o1. The Morgan fingerprint density at radius 1 is 1.29 bits per heavy atom. The monoisotopic (exact) mass is 313 g/mol. The summed E-state index contributed by atoms with van der Waals surface area (Å²) in [6, 6.07) is 5.28. The molecule has 1 aromatic rings. The summed E-state index contributed by atoms with van der Waals surface area (Å²) >= 11 is 0. The molecule has 0 fully saturated rings. The third-order valence-electron chi connectivity index (χ3n) is 2.42. The van der Waals surface area contributed by atoms with Crippen molar-refractivity contribution in [2.45, 2.75) is 27.4 Å². The number of allylic oxidation sites excluding steroid dienone is 1. The van der Waals surface area contributed by atoms with Crippen molar-refractivity contribution in [1.29, 1.82) is 5.26 Å². The van der Waals surface area contributed by atoms with Gasteiger partial charge in [0.25, 0.3) is 0 Å². The molecule has 0 aliphatic rings. The van der Waals surface area contributed by atoms with Crippen LogP contribution in [0.2, 0.25) is 0 Å². The number of nitrogens with zero attached hydrogens (tertiary/aromatic N) is 1. The molecule has 0 atom stereocenters. The van der Waals surface area contributed by atoms with Gasteiger partial charge in [-0.1, -0.05) is 0 Å². The molecule has 7 heteroatoms. The number of nitriles is 1. The normalized spacial score (nSPS) is 12.4. The Kier molecular flexibility index (Phi) is 7.41. The van der Waals surface area contributed by atoms with E-state index >= 15 is 0 Å². The van der Waals surface area contributed by atoms with E-state index in [1.807, 2.05) is 13.0 Å². The van der Waals surface area contributed by atoms with Crippen LogP contribution in [-0.2, 0) is 25.0 Å². The minimum Gasteiger partial charge on any atom is -0.459 e. The number of ether oxygens (including phenoxy) is 1. The lowest BCUT2D eigenvalue weighted by Gasteiger charge is -2.15. The fourth-order valence-electron chi connectivity index (χ4n) is 1.58. The molecule has 1 aromatic heterocycles. The lowest BCUT2D eigenvalue weighted by molar-refractivity contribution is 0.118. The van der Waals surface area contributed by atoms with Gasteiger partial charge in [0.1, 0.15) is 29.5 Å². The molecule has 1 rings (SSSR count). The van der Waals surface area contributed by atoms with Gasteiger partial charge in [0.05, 0.1) is 13.2 Å². The van der Waals surface area contributed by atoms with Crippen molar-refractivity contribution < 1.29 is 22.8 Å². The van der Waals surface area contributed by atoms with E-state index in [4.69, 9.17) is 18.2 Å². The molecule has 0 aliphatic heterocycles. The quantitative estimate of drug-likeness (QED) is 0.507. The number of hydrogen-bond acceptors (Lipinski definition) is 6. The molecular weight excluding hydrogens is 293 g/mol. The zero-order chi connectivity index (χ0) is 15.7. The second-order valence-corrected chi connectivity index (χ2v) is 5.91. The fourth-order valence-corrected chi connectivity index (χ4v) is 3.02. The first-order valence-electron chi connectivity index (χ1n) is 6.77. The van der Waals surface area contributed by atoms with Crippen molar-refractivity contribution in [3.63, 3.8) is 0 Å². The van der Waals surface area contributed by atoms with Gasteiger partial charge >= 0.3 is 7.60 Å². The molecule has 0 radical (unpaired) electrons. The van der Waals surface area contributed by atoms with Crippen molar-refractivity contribution in [3.8, 4) is 6.07 Å². The Morgan fingerprint density at radius 2 is 1.95 bits per heavy atom. The van der Waals surface area contributed by atoms with Gasteiger partial charge in [-0.05, 0) is 32.9 Å². The molecule has 1 heterocycles. The van der Waals surface area contributed by atoms with Gasteiger partial charge in [-0.15, -0.1) is 0 Å². The molecule has 0 bridgehead atoms. The molecule has 21 heavy (non-hydrogen) atoms. The van der Waals surface area contributed by atoms with Crippen LogP contribution in [0.1, 0.15) is 32.3 Å². The summed E-state index contributed by atoms with van der Waals surface area (Å²) in [6.45, 7) is 6.56. The van der Waals surface area contributed by atoms with Crippen LogP contribution in [0, 0.1) is 11.3 Å². The van der Waals surface area contributed by atoms with Crippen molar-refractivity contribution >= 4 is 13.7 Å². The summed E-state index contributed by atoms with van der Waals surface area (Å²) in [5.74, 6) is 1.03. The van der Waals surface area contributed by atoms with Gasteiger partial charge < -0.3 is 18.2 Å². The zero-order valence-electron chi connectivity index (χ0n) is 12.5. The minimum absolute atomic E-state index is 0.0801. The van der Waals surface area contributed by atoms with Crippen LogP contribution in [0.4, 0.5) is 0 Å². The van der Waals surface area contributed by atoms with E-state index in [2.05, 4.69) is 0 Å². The van der Waals surface area contributed by atoms with E-state index in [-0.39, 0.29) is 18.5 Å². The Labute approximate surface area is 124 Å². The van der Waals surface area contributed by atoms with Crippen LogP contribution < -0.4 is 0 Å². The minimum atomic E-state index is -3.60. The molecule has 0 unspecified atom stereocenters. The Bertz CT molecular complexity index is 548. The van der Waals surface area contributed by atoms with Crippen molar-refractivity contribution in [2.24, 2.45) is 0 Å². The van der Waals surface area contributed by atoms with Crippen molar-refractivity contribution in [2.75, 3.05) is 19.8 Å². The van der Waals surface area contributed by atoms with E-state index in [9.17, 15) is 9.83 Å². The van der Waals surface area contributed by atoms with Crippen LogP contribution in [0.3, 0.4) is 0 Å². The summed E-state index contributed by atoms with van der Waals surface area (Å²) in [5.41, 5.74) is 0. The summed E-state index contributed by atoms with van der Waals surface area (Å²) < 4.78 is 33.5. The third-order valence-corrected chi connectivity index (χ3v) is 4.43. The van der Waals surface area contributed by atoms with Crippen LogP contribution in [0.15, 0.2) is 21.9 Å². The summed E-state index contributed by atoms with van der Waals surface area (Å²) in [5, 5.41) is 9.13. The molecule has 0 saturated carbocycles. The molecule has 6 nitrogen and oxygen atoms in total. The molecule has 0 aromatic carbocycles. The highest BCUT2D eigenvalue weighted by Crippen LogP contribution is 2.56. The third kappa shape index (κ3) is 5.14. The predicted molar refractivity (Wildman–Crippen MR) is 78.5 cm³/mol. The molecular formula is C14H20NO5P. The molecule has 116 valence electrons. The average Bonchev–Trinajstić information content (AvgIpc) is 2.90. The van der Waals surface area contributed by atoms with Gasteiger partial charge in [-0.2, -0.15) is 5.26 Å². The standard InChI is InChI=1S/C14H20NO5P/c1-4-17-11-13-8-7-12(20-13)9-14(10-15)21(16,18-5-2)19-6-3/h7-9H,4-6,11H2,1-3H3/b14-9+. The van der Waals surface area contributed by atoms with Crippen LogP contribution in [0.25, 0.3) is 6.08 Å². The Morgan fingerprint density at radius 3 is 2.48 bits per heavy atom. The molecule has 0 aliphatic carbocycles. The van der Waals surface area contributed by atoms with Gasteiger partial charge in [-0.3, -0.25) is 4.57 Å². The van der Waals surface area contributed by atoms with Crippen molar-refractivity contribution in [1.82, 2.24) is 0 Å². The maximum atomic E-state index is 12.5. The van der Waals surface area contributed by atoms with Crippen LogP contribution in [-0.4, -0.2) is 19.8 Å². The molecule has 0 N–H and O–H groups in total. The predicted octanol–water partition coefficient (Wildman–Crippen LogP) is 3.95. The van der Waals surface area contributed by atoms with Crippen molar-refractivity contribution in [3.05, 3.63) is 29.0 Å². The Balaban J connectivity index is 2.99. The van der Waals surface area contributed by atoms with Gasteiger partial charge in [0, 0.05) is 12.7 Å².